The van der Waals surface area contributed by atoms with Crippen LogP contribution in [0.25, 0.3) is 0 Å². The van der Waals surface area contributed by atoms with Gasteiger partial charge in [-0.1, -0.05) is 13.3 Å². The SMILES string of the molecule is CCC1CCN(S(=O)(=O)c2c(N)ncn2C)C1. The highest BCUT2D eigenvalue weighted by Crippen LogP contribution is 2.27. The van der Waals surface area contributed by atoms with E-state index in [1.807, 2.05) is 0 Å². The van der Waals surface area contributed by atoms with E-state index in [-0.39, 0.29) is 10.8 Å². The molecule has 1 aromatic rings. The van der Waals surface area contributed by atoms with Gasteiger partial charge >= 0.3 is 0 Å². The molecule has 0 bridgehead atoms. The molecule has 2 rings (SSSR count). The van der Waals surface area contributed by atoms with Gasteiger partial charge in [0.2, 0.25) is 0 Å². The van der Waals surface area contributed by atoms with Crippen molar-refractivity contribution in [3.05, 3.63) is 6.33 Å². The number of nitrogen functional groups attached to an aromatic ring is 1. The lowest BCUT2D eigenvalue weighted by Crippen LogP contribution is -2.30. The van der Waals surface area contributed by atoms with Crippen LogP contribution in [-0.2, 0) is 17.1 Å². The van der Waals surface area contributed by atoms with Crippen molar-refractivity contribution in [1.82, 2.24) is 13.9 Å². The average Bonchev–Trinajstić information content (AvgIpc) is 2.85. The van der Waals surface area contributed by atoms with Crippen LogP contribution in [0.1, 0.15) is 19.8 Å². The van der Waals surface area contributed by atoms with Gasteiger partial charge in [-0.25, -0.2) is 13.4 Å². The first kappa shape index (κ1) is 12.4. The molecule has 1 atom stereocenters. The van der Waals surface area contributed by atoms with Gasteiger partial charge in [-0.3, -0.25) is 0 Å². The van der Waals surface area contributed by atoms with E-state index in [9.17, 15) is 8.42 Å². The van der Waals surface area contributed by atoms with Gasteiger partial charge in [0.05, 0.1) is 6.33 Å². The highest BCUT2D eigenvalue weighted by atomic mass is 32.2. The zero-order valence-corrected chi connectivity index (χ0v) is 10.9. The second kappa shape index (κ2) is 4.30. The van der Waals surface area contributed by atoms with Crippen molar-refractivity contribution in [3.8, 4) is 0 Å². The van der Waals surface area contributed by atoms with Gasteiger partial charge in [0.25, 0.3) is 10.0 Å². The third kappa shape index (κ3) is 2.04. The molecule has 17 heavy (non-hydrogen) atoms. The lowest BCUT2D eigenvalue weighted by atomic mass is 10.1. The van der Waals surface area contributed by atoms with E-state index in [4.69, 9.17) is 5.73 Å². The summed E-state index contributed by atoms with van der Waals surface area (Å²) in [7, 11) is -1.85. The first-order valence-corrected chi connectivity index (χ1v) is 7.17. The van der Waals surface area contributed by atoms with Crippen molar-refractivity contribution in [2.24, 2.45) is 13.0 Å². The molecule has 1 aromatic heterocycles. The fourth-order valence-electron chi connectivity index (χ4n) is 2.22. The first-order valence-electron chi connectivity index (χ1n) is 5.73. The number of hydrogen-bond acceptors (Lipinski definition) is 4. The van der Waals surface area contributed by atoms with Crippen LogP contribution in [0.3, 0.4) is 0 Å². The maximum absolute atomic E-state index is 12.4. The molecule has 1 saturated heterocycles. The third-order valence-electron chi connectivity index (χ3n) is 3.32. The van der Waals surface area contributed by atoms with Crippen molar-refractivity contribution >= 4 is 15.8 Å². The lowest BCUT2D eigenvalue weighted by molar-refractivity contribution is 0.448. The number of hydrogen-bond donors (Lipinski definition) is 1. The molecular weight excluding hydrogens is 240 g/mol. The van der Waals surface area contributed by atoms with Crippen LogP contribution < -0.4 is 5.73 Å². The minimum Gasteiger partial charge on any atom is -0.381 e. The Kier molecular flexibility index (Phi) is 3.13. The van der Waals surface area contributed by atoms with Crippen molar-refractivity contribution in [2.45, 2.75) is 24.8 Å². The number of rotatable bonds is 3. The van der Waals surface area contributed by atoms with Crippen LogP contribution in [-0.4, -0.2) is 35.4 Å². The summed E-state index contributed by atoms with van der Waals surface area (Å²) in [5.41, 5.74) is 5.62. The molecule has 6 nitrogen and oxygen atoms in total. The molecule has 0 spiro atoms. The number of anilines is 1. The molecule has 1 aliphatic rings. The van der Waals surface area contributed by atoms with Gasteiger partial charge in [0.15, 0.2) is 10.8 Å². The predicted octanol–water partition coefficient (Wildman–Crippen LogP) is 0.423. The maximum atomic E-state index is 12.4. The Bertz CT molecular complexity index is 489. The molecule has 2 N–H and O–H groups in total. The molecule has 0 radical (unpaired) electrons. The molecule has 1 aliphatic heterocycles. The van der Waals surface area contributed by atoms with E-state index in [0.29, 0.717) is 19.0 Å². The van der Waals surface area contributed by atoms with Gasteiger partial charge in [-0.2, -0.15) is 4.31 Å². The minimum absolute atomic E-state index is 0.0763. The summed E-state index contributed by atoms with van der Waals surface area (Å²) in [6.45, 7) is 3.24. The molecule has 0 aromatic carbocycles. The summed E-state index contributed by atoms with van der Waals surface area (Å²) in [6, 6.07) is 0. The Morgan fingerprint density at radius 3 is 2.76 bits per heavy atom. The van der Waals surface area contributed by atoms with E-state index in [0.717, 1.165) is 12.8 Å². The van der Waals surface area contributed by atoms with Crippen molar-refractivity contribution in [3.63, 3.8) is 0 Å². The smallest absolute Gasteiger partial charge is 0.262 e. The summed E-state index contributed by atoms with van der Waals surface area (Å²) in [5.74, 6) is 0.534. The monoisotopic (exact) mass is 258 g/mol. The quantitative estimate of drug-likeness (QED) is 0.852. The highest BCUT2D eigenvalue weighted by molar-refractivity contribution is 7.89. The fraction of sp³-hybridized carbons (Fsp3) is 0.700. The fourth-order valence-corrected chi connectivity index (χ4v) is 3.95. The number of nitrogens with zero attached hydrogens (tertiary/aromatic N) is 3. The molecule has 0 amide bonds. The van der Waals surface area contributed by atoms with Crippen LogP contribution in [0, 0.1) is 5.92 Å². The standard InChI is InChI=1S/C10H18N4O2S/c1-3-8-4-5-14(6-8)17(15,16)10-9(11)12-7-13(10)2/h7-8H,3-6,11H2,1-2H3. The van der Waals surface area contributed by atoms with Crippen LogP contribution in [0.2, 0.25) is 0 Å². The molecule has 0 aliphatic carbocycles. The summed E-state index contributed by atoms with van der Waals surface area (Å²) in [4.78, 5) is 3.83. The zero-order chi connectivity index (χ0) is 12.6. The van der Waals surface area contributed by atoms with Gasteiger partial charge < -0.3 is 10.3 Å². The second-order valence-corrected chi connectivity index (χ2v) is 6.33. The van der Waals surface area contributed by atoms with E-state index in [2.05, 4.69) is 11.9 Å². The summed E-state index contributed by atoms with van der Waals surface area (Å²) >= 11 is 0. The lowest BCUT2D eigenvalue weighted by Gasteiger charge is -2.16. The van der Waals surface area contributed by atoms with E-state index >= 15 is 0 Å². The summed E-state index contributed by atoms with van der Waals surface area (Å²) in [6.07, 6.45) is 3.36. The molecule has 96 valence electrons. The molecule has 0 saturated carbocycles. The maximum Gasteiger partial charge on any atom is 0.262 e. The number of imidazole rings is 1. The molecule has 1 fully saturated rings. The average molecular weight is 258 g/mol. The molecule has 7 heteroatoms. The Hall–Kier alpha value is -1.08. The van der Waals surface area contributed by atoms with E-state index in [1.165, 1.54) is 15.2 Å². The Labute approximate surface area is 101 Å². The second-order valence-electron chi connectivity index (χ2n) is 4.47. The van der Waals surface area contributed by atoms with Gasteiger partial charge in [0, 0.05) is 20.1 Å². The minimum atomic E-state index is -3.49. The van der Waals surface area contributed by atoms with E-state index in [1.54, 1.807) is 7.05 Å². The topological polar surface area (TPSA) is 81.2 Å². The first-order chi connectivity index (χ1) is 7.96. The van der Waals surface area contributed by atoms with Gasteiger partial charge in [-0.15, -0.1) is 0 Å². The van der Waals surface area contributed by atoms with Gasteiger partial charge in [0.1, 0.15) is 0 Å². The van der Waals surface area contributed by atoms with Crippen LogP contribution in [0.5, 0.6) is 0 Å². The highest BCUT2D eigenvalue weighted by Gasteiger charge is 2.34. The number of aromatic nitrogens is 2. The van der Waals surface area contributed by atoms with Crippen molar-refractivity contribution in [1.29, 1.82) is 0 Å². The number of nitrogens with two attached hydrogens (primary N) is 1. The van der Waals surface area contributed by atoms with Gasteiger partial charge in [-0.05, 0) is 12.3 Å². The molecule has 2 heterocycles. The largest absolute Gasteiger partial charge is 0.381 e. The number of sulfonamides is 1. The van der Waals surface area contributed by atoms with Crippen LogP contribution in [0.4, 0.5) is 5.82 Å². The Morgan fingerprint density at radius 1 is 1.59 bits per heavy atom. The normalized spacial score (nSPS) is 22.1. The summed E-state index contributed by atoms with van der Waals surface area (Å²) < 4.78 is 27.7. The van der Waals surface area contributed by atoms with E-state index < -0.39 is 10.0 Å². The van der Waals surface area contributed by atoms with Crippen molar-refractivity contribution < 1.29 is 8.42 Å². The van der Waals surface area contributed by atoms with Crippen LogP contribution >= 0.6 is 0 Å². The third-order valence-corrected chi connectivity index (χ3v) is 5.32. The zero-order valence-electron chi connectivity index (χ0n) is 10.1. The molecule has 1 unspecified atom stereocenters. The van der Waals surface area contributed by atoms with Crippen LogP contribution in [0.15, 0.2) is 11.4 Å². The Balaban J connectivity index is 2.32. The van der Waals surface area contributed by atoms with Crippen molar-refractivity contribution in [2.75, 3.05) is 18.8 Å². The Morgan fingerprint density at radius 2 is 2.29 bits per heavy atom. The molecular formula is C10H18N4O2S. The summed E-state index contributed by atoms with van der Waals surface area (Å²) in [5, 5.41) is 0.106. The number of aryl methyl sites for hydroxylation is 1. The predicted molar refractivity (Wildman–Crippen MR) is 64.8 cm³/mol.